The van der Waals surface area contributed by atoms with E-state index >= 15 is 0 Å². The molecule has 0 aliphatic rings. The molecule has 0 bridgehead atoms. The van der Waals surface area contributed by atoms with E-state index in [1.54, 1.807) is 43.3 Å². The largest absolute Gasteiger partial charge is 0.271 e. The molecule has 0 fully saturated rings. The Kier molecular flexibility index (Phi) is 6.23. The average molecular weight is 414 g/mol. The molecule has 2 aromatic carbocycles. The normalized spacial score (nSPS) is 11.5. The molecule has 1 N–H and O–H groups in total. The number of benzene rings is 2. The molecule has 3 rings (SSSR count). The Balaban J connectivity index is 1.87. The maximum atomic E-state index is 13.2. The lowest BCUT2D eigenvalue weighted by atomic mass is 10.2. The van der Waals surface area contributed by atoms with Crippen molar-refractivity contribution < 1.29 is 13.2 Å². The van der Waals surface area contributed by atoms with Crippen molar-refractivity contribution in [3.63, 3.8) is 0 Å². The Hall–Kier alpha value is -2.97. The van der Waals surface area contributed by atoms with Gasteiger partial charge in [0, 0.05) is 4.88 Å². The van der Waals surface area contributed by atoms with E-state index in [9.17, 15) is 13.2 Å². The molecular formula is C20H19N3O3S2. The van der Waals surface area contributed by atoms with Crippen LogP contribution in [-0.4, -0.2) is 27.1 Å². The zero-order chi connectivity index (χ0) is 20.0. The quantitative estimate of drug-likeness (QED) is 0.476. The number of para-hydroxylation sites is 1. The average Bonchev–Trinajstić information content (AvgIpc) is 3.21. The summed E-state index contributed by atoms with van der Waals surface area (Å²) in [5.74, 6) is -0.532. The lowest BCUT2D eigenvalue weighted by Crippen LogP contribution is -2.40. The van der Waals surface area contributed by atoms with Gasteiger partial charge in [-0.1, -0.05) is 42.5 Å². The number of carbonyl (C=O) groups is 1. The van der Waals surface area contributed by atoms with Crippen LogP contribution in [0.25, 0.3) is 0 Å². The molecule has 0 radical (unpaired) electrons. The van der Waals surface area contributed by atoms with Gasteiger partial charge in [-0.15, -0.1) is 11.3 Å². The highest BCUT2D eigenvalue weighted by atomic mass is 32.2. The molecule has 3 aromatic rings. The minimum Gasteiger partial charge on any atom is -0.271 e. The van der Waals surface area contributed by atoms with Crippen LogP contribution in [0.4, 0.5) is 5.69 Å². The number of nitrogens with one attached hydrogen (secondary N) is 1. The van der Waals surface area contributed by atoms with Crippen LogP contribution in [0.3, 0.4) is 0 Å². The Labute approximate surface area is 168 Å². The lowest BCUT2D eigenvalue weighted by molar-refractivity contribution is -0.119. The molecule has 0 aliphatic carbocycles. The first-order valence-corrected chi connectivity index (χ1v) is 10.8. The first-order valence-electron chi connectivity index (χ1n) is 8.47. The van der Waals surface area contributed by atoms with Crippen molar-refractivity contribution in [1.82, 2.24) is 5.43 Å². The number of anilines is 1. The summed E-state index contributed by atoms with van der Waals surface area (Å²) in [6, 6.07) is 18.8. The number of carbonyl (C=O) groups excluding carboxylic acids is 1. The Morgan fingerprint density at radius 2 is 1.79 bits per heavy atom. The van der Waals surface area contributed by atoms with E-state index in [-0.39, 0.29) is 11.4 Å². The number of rotatable bonds is 7. The number of aryl methyl sites for hydroxylation is 1. The van der Waals surface area contributed by atoms with Crippen LogP contribution in [0.2, 0.25) is 0 Å². The number of hydrogen-bond donors (Lipinski definition) is 1. The Bertz CT molecular complexity index is 1060. The van der Waals surface area contributed by atoms with E-state index in [2.05, 4.69) is 10.5 Å². The van der Waals surface area contributed by atoms with Crippen LogP contribution in [0.15, 0.2) is 82.1 Å². The molecule has 1 aromatic heterocycles. The van der Waals surface area contributed by atoms with Gasteiger partial charge in [0.15, 0.2) is 0 Å². The van der Waals surface area contributed by atoms with Gasteiger partial charge in [-0.05, 0) is 42.1 Å². The maximum Gasteiger partial charge on any atom is 0.264 e. The molecule has 1 heterocycles. The van der Waals surface area contributed by atoms with Gasteiger partial charge in [0.05, 0.1) is 16.8 Å². The van der Waals surface area contributed by atoms with Crippen molar-refractivity contribution in [2.75, 3.05) is 10.8 Å². The highest BCUT2D eigenvalue weighted by Crippen LogP contribution is 2.26. The van der Waals surface area contributed by atoms with Crippen LogP contribution >= 0.6 is 11.3 Å². The molecule has 144 valence electrons. The summed E-state index contributed by atoms with van der Waals surface area (Å²) in [5, 5.41) is 5.80. The van der Waals surface area contributed by atoms with Crippen LogP contribution in [0.5, 0.6) is 0 Å². The van der Waals surface area contributed by atoms with Crippen molar-refractivity contribution in [3.8, 4) is 0 Å². The van der Waals surface area contributed by atoms with Crippen molar-refractivity contribution in [1.29, 1.82) is 0 Å². The highest BCUT2D eigenvalue weighted by molar-refractivity contribution is 7.92. The number of hydrogen-bond acceptors (Lipinski definition) is 5. The first-order chi connectivity index (χ1) is 13.5. The number of thiophene rings is 1. The lowest BCUT2D eigenvalue weighted by Gasteiger charge is -2.25. The van der Waals surface area contributed by atoms with Crippen molar-refractivity contribution in [2.24, 2.45) is 5.10 Å². The summed E-state index contributed by atoms with van der Waals surface area (Å²) >= 11 is 1.48. The minimum absolute atomic E-state index is 0.119. The van der Waals surface area contributed by atoms with Gasteiger partial charge < -0.3 is 0 Å². The molecule has 0 unspecified atom stereocenters. The molecule has 6 nitrogen and oxygen atoms in total. The molecule has 1 amide bonds. The van der Waals surface area contributed by atoms with Gasteiger partial charge in [-0.2, -0.15) is 5.10 Å². The standard InChI is InChI=1S/C20H19N3O3S2/c1-16-8-5-6-12-19(16)23(28(25,26)18-10-3-2-4-11-18)15-20(24)22-21-14-17-9-7-13-27-17/h2-14H,15H2,1H3,(H,22,24)/b21-14+. The molecule has 0 saturated carbocycles. The van der Waals surface area contributed by atoms with Crippen LogP contribution < -0.4 is 9.73 Å². The zero-order valence-corrected chi connectivity index (χ0v) is 16.8. The molecule has 28 heavy (non-hydrogen) atoms. The maximum absolute atomic E-state index is 13.2. The smallest absolute Gasteiger partial charge is 0.264 e. The Morgan fingerprint density at radius 1 is 1.07 bits per heavy atom. The number of amides is 1. The summed E-state index contributed by atoms with van der Waals surface area (Å²) in [5.41, 5.74) is 3.59. The van der Waals surface area contributed by atoms with E-state index in [0.717, 1.165) is 14.7 Å². The number of hydrazone groups is 1. The summed E-state index contributed by atoms with van der Waals surface area (Å²) in [6.45, 7) is 1.42. The topological polar surface area (TPSA) is 78.8 Å². The van der Waals surface area contributed by atoms with Crippen molar-refractivity contribution in [2.45, 2.75) is 11.8 Å². The predicted octanol–water partition coefficient (Wildman–Crippen LogP) is 3.40. The van der Waals surface area contributed by atoms with Gasteiger partial charge in [0.25, 0.3) is 15.9 Å². The van der Waals surface area contributed by atoms with E-state index in [1.165, 1.54) is 29.7 Å². The third kappa shape index (κ3) is 4.65. The fourth-order valence-corrected chi connectivity index (χ4v) is 4.65. The van der Waals surface area contributed by atoms with Crippen LogP contribution in [-0.2, 0) is 14.8 Å². The van der Waals surface area contributed by atoms with Crippen LogP contribution in [0, 0.1) is 6.92 Å². The molecular weight excluding hydrogens is 394 g/mol. The summed E-state index contributed by atoms with van der Waals surface area (Å²) < 4.78 is 27.5. The zero-order valence-electron chi connectivity index (χ0n) is 15.1. The monoisotopic (exact) mass is 413 g/mol. The first kappa shape index (κ1) is 19.8. The molecule has 0 atom stereocenters. The molecule has 0 aliphatic heterocycles. The van der Waals surface area contributed by atoms with Gasteiger partial charge in [-0.25, -0.2) is 13.8 Å². The third-order valence-corrected chi connectivity index (χ3v) is 6.51. The van der Waals surface area contributed by atoms with Crippen LogP contribution in [0.1, 0.15) is 10.4 Å². The van der Waals surface area contributed by atoms with Crippen molar-refractivity contribution >= 4 is 39.2 Å². The van der Waals surface area contributed by atoms with E-state index < -0.39 is 15.9 Å². The van der Waals surface area contributed by atoms with Gasteiger partial charge in [0.1, 0.15) is 6.54 Å². The van der Waals surface area contributed by atoms with E-state index in [0.29, 0.717) is 5.69 Å². The second-order valence-corrected chi connectivity index (χ2v) is 8.76. The fourth-order valence-electron chi connectivity index (χ4n) is 2.56. The minimum atomic E-state index is -3.92. The van der Waals surface area contributed by atoms with E-state index in [1.807, 2.05) is 23.6 Å². The molecule has 8 heteroatoms. The second-order valence-electron chi connectivity index (χ2n) is 5.92. The van der Waals surface area contributed by atoms with Crippen molar-refractivity contribution in [3.05, 3.63) is 82.6 Å². The highest BCUT2D eigenvalue weighted by Gasteiger charge is 2.27. The van der Waals surface area contributed by atoms with E-state index in [4.69, 9.17) is 0 Å². The van der Waals surface area contributed by atoms with Gasteiger partial charge >= 0.3 is 0 Å². The number of sulfonamides is 1. The summed E-state index contributed by atoms with van der Waals surface area (Å²) in [6.07, 6.45) is 1.52. The SMILES string of the molecule is Cc1ccccc1N(CC(=O)N/N=C/c1cccs1)S(=O)(=O)c1ccccc1. The Morgan fingerprint density at radius 3 is 2.46 bits per heavy atom. The summed E-state index contributed by atoms with van der Waals surface area (Å²) in [7, 11) is -3.92. The fraction of sp³-hybridized carbons (Fsp3) is 0.100. The third-order valence-electron chi connectivity index (χ3n) is 3.93. The van der Waals surface area contributed by atoms with Gasteiger partial charge in [0.2, 0.25) is 0 Å². The molecule has 0 saturated heterocycles. The van der Waals surface area contributed by atoms with Gasteiger partial charge in [-0.3, -0.25) is 9.10 Å². The second kappa shape index (κ2) is 8.81. The summed E-state index contributed by atoms with van der Waals surface area (Å²) in [4.78, 5) is 13.4. The number of nitrogens with zero attached hydrogens (tertiary/aromatic N) is 2. The predicted molar refractivity (Wildman–Crippen MR) is 112 cm³/mol. The molecule has 0 spiro atoms.